The molecule has 196 valence electrons. The van der Waals surface area contributed by atoms with Crippen molar-refractivity contribution in [2.75, 3.05) is 6.61 Å². The first-order valence-electron chi connectivity index (χ1n) is 11.7. The number of benzene rings is 3. The molecule has 6 nitrogen and oxygen atoms in total. The zero-order chi connectivity index (χ0) is 27.3. The minimum Gasteiger partial charge on any atom is -0.489 e. The first-order chi connectivity index (χ1) is 18.2. The van der Waals surface area contributed by atoms with E-state index in [0.717, 1.165) is 11.1 Å². The van der Waals surface area contributed by atoms with E-state index in [-0.39, 0.29) is 41.2 Å². The van der Waals surface area contributed by atoms with Crippen LogP contribution in [0.3, 0.4) is 0 Å². The Balaban J connectivity index is 1.62. The second-order valence-electron chi connectivity index (χ2n) is 8.24. The molecule has 0 spiro atoms. The zero-order valence-electron chi connectivity index (χ0n) is 20.3. The number of carbonyl (C=O) groups is 1. The number of carbonyl (C=O) groups excluding carboxylic acids is 1. The molecule has 0 aliphatic heterocycles. The van der Waals surface area contributed by atoms with Crippen molar-refractivity contribution in [1.29, 1.82) is 0 Å². The van der Waals surface area contributed by atoms with Crippen LogP contribution in [0.1, 0.15) is 40.6 Å². The van der Waals surface area contributed by atoms with Crippen LogP contribution in [0.15, 0.2) is 82.5 Å². The van der Waals surface area contributed by atoms with Gasteiger partial charge in [0.1, 0.15) is 23.7 Å². The Morgan fingerprint density at radius 3 is 2.32 bits per heavy atom. The number of ether oxygens (including phenoxy) is 3. The quantitative estimate of drug-likeness (QED) is 0.213. The Hall–Kier alpha value is -4.53. The van der Waals surface area contributed by atoms with Gasteiger partial charge in [-0.2, -0.15) is 13.2 Å². The van der Waals surface area contributed by atoms with Crippen LogP contribution in [-0.4, -0.2) is 12.6 Å². The standard InChI is InChI=1S/C29H23F3O6/c1-3-15-35-28(34)20-9-11-21(12-10-20)37-26-25(33)23-14-13-22(16-24(23)38-27(26)29(30,31)32)36-17-19-7-5-18(4-2)6-8-19/h4-14,16H,2-3,15,17H2,1H3. The lowest BCUT2D eigenvalue weighted by Gasteiger charge is -2.14. The minimum absolute atomic E-state index is 0.0865. The third-order valence-electron chi connectivity index (χ3n) is 5.45. The molecule has 0 aliphatic rings. The maximum absolute atomic E-state index is 13.9. The molecule has 4 rings (SSSR count). The molecule has 4 aromatic rings. The lowest BCUT2D eigenvalue weighted by Crippen LogP contribution is -2.15. The summed E-state index contributed by atoms with van der Waals surface area (Å²) in [6, 6.07) is 16.6. The van der Waals surface area contributed by atoms with Gasteiger partial charge in [-0.3, -0.25) is 4.79 Å². The summed E-state index contributed by atoms with van der Waals surface area (Å²) in [5.74, 6) is -3.04. The summed E-state index contributed by atoms with van der Waals surface area (Å²) in [5, 5.41) is -0.115. The first kappa shape index (κ1) is 26.5. The maximum atomic E-state index is 13.9. The fourth-order valence-electron chi connectivity index (χ4n) is 3.50. The molecule has 1 aromatic heterocycles. The molecule has 1 heterocycles. The Kier molecular flexibility index (Phi) is 7.85. The number of rotatable bonds is 9. The summed E-state index contributed by atoms with van der Waals surface area (Å²) < 4.78 is 62.8. The van der Waals surface area contributed by atoms with Crippen LogP contribution in [0.2, 0.25) is 0 Å². The Labute approximate surface area is 215 Å². The number of esters is 1. The molecule has 0 N–H and O–H groups in total. The van der Waals surface area contributed by atoms with Crippen molar-refractivity contribution in [3.63, 3.8) is 0 Å². The molecule has 9 heteroatoms. The molecule has 0 radical (unpaired) electrons. The molecule has 0 saturated heterocycles. The van der Waals surface area contributed by atoms with Crippen molar-refractivity contribution in [1.82, 2.24) is 0 Å². The lowest BCUT2D eigenvalue weighted by atomic mass is 10.1. The third kappa shape index (κ3) is 6.05. The Morgan fingerprint density at radius 2 is 1.68 bits per heavy atom. The van der Waals surface area contributed by atoms with E-state index in [2.05, 4.69) is 6.58 Å². The Bertz CT molecular complexity index is 1500. The van der Waals surface area contributed by atoms with E-state index in [1.54, 1.807) is 6.08 Å². The van der Waals surface area contributed by atoms with Gasteiger partial charge in [0.15, 0.2) is 0 Å². The monoisotopic (exact) mass is 524 g/mol. The van der Waals surface area contributed by atoms with E-state index in [0.29, 0.717) is 6.42 Å². The summed E-state index contributed by atoms with van der Waals surface area (Å²) in [6.07, 6.45) is -2.68. The van der Waals surface area contributed by atoms with Crippen LogP contribution in [0.5, 0.6) is 17.2 Å². The van der Waals surface area contributed by atoms with Crippen molar-refractivity contribution in [3.05, 3.63) is 106 Å². The fourth-order valence-corrected chi connectivity index (χ4v) is 3.50. The predicted octanol–water partition coefficient (Wildman–Crippen LogP) is 7.39. The third-order valence-corrected chi connectivity index (χ3v) is 5.45. The van der Waals surface area contributed by atoms with Gasteiger partial charge in [-0.05, 0) is 53.9 Å². The molecule has 0 aliphatic carbocycles. The largest absolute Gasteiger partial charge is 0.489 e. The number of fused-ring (bicyclic) bond motifs is 1. The van der Waals surface area contributed by atoms with E-state index in [1.807, 2.05) is 31.2 Å². The lowest BCUT2D eigenvalue weighted by molar-refractivity contribution is -0.154. The van der Waals surface area contributed by atoms with Crippen LogP contribution in [0.4, 0.5) is 13.2 Å². The van der Waals surface area contributed by atoms with Crippen LogP contribution >= 0.6 is 0 Å². The average Bonchev–Trinajstić information content (AvgIpc) is 2.92. The smallest absolute Gasteiger partial charge is 0.453 e. The Morgan fingerprint density at radius 1 is 1.00 bits per heavy atom. The van der Waals surface area contributed by atoms with Gasteiger partial charge in [0.05, 0.1) is 17.6 Å². The molecule has 0 atom stereocenters. The minimum atomic E-state index is -5.02. The highest BCUT2D eigenvalue weighted by molar-refractivity contribution is 5.89. The summed E-state index contributed by atoms with van der Waals surface area (Å²) in [5.41, 5.74) is 0.655. The summed E-state index contributed by atoms with van der Waals surface area (Å²) in [7, 11) is 0. The van der Waals surface area contributed by atoms with Gasteiger partial charge in [-0.25, -0.2) is 4.79 Å². The van der Waals surface area contributed by atoms with Crippen LogP contribution < -0.4 is 14.9 Å². The number of halogens is 3. The van der Waals surface area contributed by atoms with Gasteiger partial charge < -0.3 is 18.6 Å². The average molecular weight is 524 g/mol. The highest BCUT2D eigenvalue weighted by Gasteiger charge is 2.40. The fraction of sp³-hybridized carbons (Fsp3) is 0.172. The van der Waals surface area contributed by atoms with Crippen molar-refractivity contribution in [3.8, 4) is 17.2 Å². The normalized spacial score (nSPS) is 11.3. The summed E-state index contributed by atoms with van der Waals surface area (Å²) in [6.45, 7) is 5.92. The predicted molar refractivity (Wildman–Crippen MR) is 135 cm³/mol. The van der Waals surface area contributed by atoms with Gasteiger partial charge in [0.2, 0.25) is 11.2 Å². The number of hydrogen-bond donors (Lipinski definition) is 0. The van der Waals surface area contributed by atoms with Crippen molar-refractivity contribution < 1.29 is 36.6 Å². The van der Waals surface area contributed by atoms with Gasteiger partial charge >= 0.3 is 12.1 Å². The summed E-state index contributed by atoms with van der Waals surface area (Å²) in [4.78, 5) is 25.0. The molecule has 0 unspecified atom stereocenters. The van der Waals surface area contributed by atoms with Gasteiger partial charge in [0.25, 0.3) is 5.76 Å². The van der Waals surface area contributed by atoms with Crippen LogP contribution in [0, 0.1) is 0 Å². The molecular weight excluding hydrogens is 501 g/mol. The first-order valence-corrected chi connectivity index (χ1v) is 11.7. The molecule has 0 fully saturated rings. The molecule has 0 saturated carbocycles. The maximum Gasteiger partial charge on any atom is 0.453 e. The molecule has 0 amide bonds. The van der Waals surface area contributed by atoms with Crippen molar-refractivity contribution in [2.24, 2.45) is 0 Å². The van der Waals surface area contributed by atoms with Crippen molar-refractivity contribution >= 4 is 23.0 Å². The van der Waals surface area contributed by atoms with E-state index in [4.69, 9.17) is 18.6 Å². The molecule has 38 heavy (non-hydrogen) atoms. The second-order valence-corrected chi connectivity index (χ2v) is 8.24. The van der Waals surface area contributed by atoms with Gasteiger partial charge in [-0.1, -0.05) is 43.8 Å². The van der Waals surface area contributed by atoms with E-state index < -0.39 is 29.1 Å². The SMILES string of the molecule is C=Cc1ccc(COc2ccc3c(=O)c(Oc4ccc(C(=O)OCCC)cc4)c(C(F)(F)F)oc3c2)cc1. The van der Waals surface area contributed by atoms with Gasteiger partial charge in [0, 0.05) is 6.07 Å². The van der Waals surface area contributed by atoms with E-state index >= 15 is 0 Å². The molecular formula is C29H23F3O6. The topological polar surface area (TPSA) is 75.0 Å². The van der Waals surface area contributed by atoms with Crippen LogP contribution in [0.25, 0.3) is 17.0 Å². The zero-order valence-corrected chi connectivity index (χ0v) is 20.3. The summed E-state index contributed by atoms with van der Waals surface area (Å²) >= 11 is 0. The number of hydrogen-bond acceptors (Lipinski definition) is 6. The molecule has 0 bridgehead atoms. The highest BCUT2D eigenvalue weighted by Crippen LogP contribution is 2.38. The van der Waals surface area contributed by atoms with E-state index in [1.165, 1.54) is 42.5 Å². The molecule has 3 aromatic carbocycles. The van der Waals surface area contributed by atoms with Gasteiger partial charge in [-0.15, -0.1) is 0 Å². The van der Waals surface area contributed by atoms with E-state index in [9.17, 15) is 22.8 Å². The second kappa shape index (κ2) is 11.2. The number of alkyl halides is 3. The highest BCUT2D eigenvalue weighted by atomic mass is 19.4. The van der Waals surface area contributed by atoms with Crippen molar-refractivity contribution in [2.45, 2.75) is 26.1 Å². The van der Waals surface area contributed by atoms with Crippen LogP contribution in [-0.2, 0) is 17.5 Å².